The van der Waals surface area contributed by atoms with Gasteiger partial charge in [-0.2, -0.15) is 0 Å². The first-order valence-electron chi connectivity index (χ1n) is 8.57. The first-order valence-corrected chi connectivity index (χ1v) is 11.5. The Hall–Kier alpha value is -0.523. The van der Waals surface area contributed by atoms with Crippen LogP contribution >= 0.6 is 0 Å². The number of rotatable bonds is 8. The Morgan fingerprint density at radius 2 is 1.76 bits per heavy atom. The molecule has 2 heteroatoms. The summed E-state index contributed by atoms with van der Waals surface area (Å²) in [6.07, 6.45) is 11.4. The van der Waals surface area contributed by atoms with E-state index >= 15 is 0 Å². The lowest BCUT2D eigenvalue weighted by atomic mass is 10.1. The van der Waals surface area contributed by atoms with Crippen LogP contribution in [0.15, 0.2) is 12.2 Å². The summed E-state index contributed by atoms with van der Waals surface area (Å²) in [6.45, 7) is 16.0. The van der Waals surface area contributed by atoms with Gasteiger partial charge in [0.05, 0.1) is 6.10 Å². The molecule has 0 aliphatic rings. The van der Waals surface area contributed by atoms with Crippen molar-refractivity contribution >= 4 is 8.32 Å². The van der Waals surface area contributed by atoms with E-state index in [0.717, 1.165) is 19.3 Å². The summed E-state index contributed by atoms with van der Waals surface area (Å²) in [5.41, 5.74) is 0. The van der Waals surface area contributed by atoms with E-state index in [1.165, 1.54) is 19.3 Å². The van der Waals surface area contributed by atoms with E-state index in [0.29, 0.717) is 0 Å². The second kappa shape index (κ2) is 10.2. The van der Waals surface area contributed by atoms with Gasteiger partial charge in [0.25, 0.3) is 0 Å². The lowest BCUT2D eigenvalue weighted by Crippen LogP contribution is -2.43. The highest BCUT2D eigenvalue weighted by Crippen LogP contribution is 2.37. The standard InChI is InChI=1S/C19H36OSi/c1-8-10-12-13-15-17-18(16-14-11-9-2)20-21(6,7)19(3,4)5/h15,17-18H,8-11,14,16H2,1-7H3. The van der Waals surface area contributed by atoms with E-state index in [1.54, 1.807) is 0 Å². The summed E-state index contributed by atoms with van der Waals surface area (Å²) in [7, 11) is -1.70. The van der Waals surface area contributed by atoms with E-state index in [9.17, 15) is 0 Å². The van der Waals surface area contributed by atoms with Gasteiger partial charge in [0.15, 0.2) is 8.32 Å². The molecule has 1 atom stereocenters. The molecule has 0 N–H and O–H groups in total. The van der Waals surface area contributed by atoms with E-state index in [4.69, 9.17) is 4.43 Å². The molecule has 0 aromatic rings. The minimum Gasteiger partial charge on any atom is -0.411 e. The molecule has 0 amide bonds. The van der Waals surface area contributed by atoms with Crippen LogP contribution in [0.1, 0.15) is 73.1 Å². The van der Waals surface area contributed by atoms with E-state index in [2.05, 4.69) is 65.6 Å². The van der Waals surface area contributed by atoms with Crippen LogP contribution in [-0.4, -0.2) is 14.4 Å². The van der Waals surface area contributed by atoms with Crippen LogP contribution in [-0.2, 0) is 4.43 Å². The molecule has 1 nitrogen and oxygen atoms in total. The predicted octanol–water partition coefficient (Wildman–Crippen LogP) is 6.32. The van der Waals surface area contributed by atoms with Crippen molar-refractivity contribution < 1.29 is 4.43 Å². The Bertz CT molecular complexity index is 352. The average Bonchev–Trinajstić information content (AvgIpc) is 2.36. The molecule has 122 valence electrons. The zero-order valence-electron chi connectivity index (χ0n) is 15.4. The quantitative estimate of drug-likeness (QED) is 0.290. The first kappa shape index (κ1) is 20.5. The number of unbranched alkanes of at least 4 members (excludes halogenated alkanes) is 3. The minimum absolute atomic E-state index is 0.230. The van der Waals surface area contributed by atoms with Gasteiger partial charge in [-0.05, 0) is 43.1 Å². The fourth-order valence-corrected chi connectivity index (χ4v) is 3.06. The van der Waals surface area contributed by atoms with Crippen molar-refractivity contribution in [3.8, 4) is 11.8 Å². The maximum atomic E-state index is 6.54. The second-order valence-electron chi connectivity index (χ2n) is 7.34. The maximum Gasteiger partial charge on any atom is 0.192 e. The summed E-state index contributed by atoms with van der Waals surface area (Å²) in [4.78, 5) is 0. The van der Waals surface area contributed by atoms with Crippen molar-refractivity contribution in [1.82, 2.24) is 0 Å². The Morgan fingerprint density at radius 1 is 1.10 bits per heavy atom. The molecule has 0 aromatic carbocycles. The van der Waals surface area contributed by atoms with Gasteiger partial charge in [-0.15, -0.1) is 0 Å². The van der Waals surface area contributed by atoms with Gasteiger partial charge in [0.1, 0.15) is 0 Å². The SMILES string of the molecule is CCCC#CC=CC(CCCCC)O[Si](C)(C)C(C)(C)C. The normalized spacial score (nSPS) is 14.0. The molecular formula is C19H36OSi. The third-order valence-corrected chi connectivity index (χ3v) is 8.72. The number of hydrogen-bond donors (Lipinski definition) is 0. The van der Waals surface area contributed by atoms with Crippen LogP contribution in [0.3, 0.4) is 0 Å². The summed E-state index contributed by atoms with van der Waals surface area (Å²) in [5.74, 6) is 6.31. The Morgan fingerprint density at radius 3 is 2.29 bits per heavy atom. The van der Waals surface area contributed by atoms with Crippen LogP contribution in [0.2, 0.25) is 18.1 Å². The molecule has 0 aromatic heterocycles. The predicted molar refractivity (Wildman–Crippen MR) is 98.0 cm³/mol. The third kappa shape index (κ3) is 9.17. The molecule has 0 aliphatic heterocycles. The molecule has 0 saturated carbocycles. The Kier molecular flexibility index (Phi) is 9.99. The number of allylic oxidation sites excluding steroid dienone is 1. The zero-order chi connectivity index (χ0) is 16.4. The van der Waals surface area contributed by atoms with E-state index in [1.807, 2.05) is 6.08 Å². The van der Waals surface area contributed by atoms with E-state index in [-0.39, 0.29) is 11.1 Å². The summed E-state index contributed by atoms with van der Waals surface area (Å²) >= 11 is 0. The van der Waals surface area contributed by atoms with Gasteiger partial charge in [-0.25, -0.2) is 0 Å². The lowest BCUT2D eigenvalue weighted by molar-refractivity contribution is 0.211. The summed E-state index contributed by atoms with van der Waals surface area (Å²) in [5, 5.41) is 0.262. The smallest absolute Gasteiger partial charge is 0.192 e. The molecule has 21 heavy (non-hydrogen) atoms. The largest absolute Gasteiger partial charge is 0.411 e. The molecule has 0 saturated heterocycles. The van der Waals surface area contributed by atoms with Crippen molar-refractivity contribution in [2.24, 2.45) is 0 Å². The van der Waals surface area contributed by atoms with Crippen molar-refractivity contribution in [2.75, 3.05) is 0 Å². The minimum atomic E-state index is -1.70. The molecule has 0 rings (SSSR count). The first-order chi connectivity index (χ1) is 9.74. The molecule has 0 bridgehead atoms. The summed E-state index contributed by atoms with van der Waals surface area (Å²) in [6, 6.07) is 0. The fraction of sp³-hybridized carbons (Fsp3) is 0.789. The molecule has 1 unspecified atom stereocenters. The Labute approximate surface area is 134 Å². The van der Waals surface area contributed by atoms with Crippen molar-refractivity contribution in [1.29, 1.82) is 0 Å². The van der Waals surface area contributed by atoms with E-state index < -0.39 is 8.32 Å². The molecule has 0 spiro atoms. The zero-order valence-corrected chi connectivity index (χ0v) is 16.4. The van der Waals surface area contributed by atoms with Crippen molar-refractivity contribution in [3.05, 3.63) is 12.2 Å². The van der Waals surface area contributed by atoms with Gasteiger partial charge in [-0.3, -0.25) is 0 Å². The Balaban J connectivity index is 4.71. The van der Waals surface area contributed by atoms with Crippen molar-refractivity contribution in [2.45, 2.75) is 97.4 Å². The fourth-order valence-electron chi connectivity index (χ4n) is 1.76. The van der Waals surface area contributed by atoms with Crippen molar-refractivity contribution in [3.63, 3.8) is 0 Å². The van der Waals surface area contributed by atoms with Gasteiger partial charge in [0.2, 0.25) is 0 Å². The summed E-state index contributed by atoms with van der Waals surface area (Å²) < 4.78 is 6.54. The highest BCUT2D eigenvalue weighted by atomic mass is 28.4. The third-order valence-electron chi connectivity index (χ3n) is 4.22. The second-order valence-corrected chi connectivity index (χ2v) is 12.1. The molecular weight excluding hydrogens is 272 g/mol. The monoisotopic (exact) mass is 308 g/mol. The highest BCUT2D eigenvalue weighted by Gasteiger charge is 2.38. The van der Waals surface area contributed by atoms with Crippen LogP contribution < -0.4 is 0 Å². The van der Waals surface area contributed by atoms with Gasteiger partial charge >= 0.3 is 0 Å². The van der Waals surface area contributed by atoms with Gasteiger partial charge in [0, 0.05) is 6.42 Å². The molecule has 0 heterocycles. The number of hydrogen-bond acceptors (Lipinski definition) is 1. The average molecular weight is 309 g/mol. The molecule has 0 aliphatic carbocycles. The van der Waals surface area contributed by atoms with Gasteiger partial charge in [-0.1, -0.05) is 65.7 Å². The molecule has 0 radical (unpaired) electrons. The van der Waals surface area contributed by atoms with Crippen LogP contribution in [0, 0.1) is 11.8 Å². The lowest BCUT2D eigenvalue weighted by Gasteiger charge is -2.38. The topological polar surface area (TPSA) is 9.23 Å². The maximum absolute atomic E-state index is 6.54. The van der Waals surface area contributed by atoms with Gasteiger partial charge < -0.3 is 4.43 Å². The van der Waals surface area contributed by atoms with Crippen LogP contribution in [0.4, 0.5) is 0 Å². The van der Waals surface area contributed by atoms with Crippen LogP contribution in [0.5, 0.6) is 0 Å². The molecule has 0 fully saturated rings. The highest BCUT2D eigenvalue weighted by molar-refractivity contribution is 6.74. The van der Waals surface area contributed by atoms with Crippen LogP contribution in [0.25, 0.3) is 0 Å².